The summed E-state index contributed by atoms with van der Waals surface area (Å²) < 4.78 is 1.88. The standard InChI is InChI=1S/C20H15N7O3S2/c28-17(23-22-12-16-6-7-18(32-16)27(29)30)13-31-20-25-24-19(14-8-10-21-11-9-14)26(20)15-4-2-1-3-5-15/h1-12H,13H2,(H,23,28)/b22-12+. The molecule has 0 saturated heterocycles. The van der Waals surface area contributed by atoms with Crippen LogP contribution in [-0.4, -0.2) is 42.5 Å². The number of carbonyl (C=O) groups excluding carboxylic acids is 1. The molecule has 0 spiro atoms. The number of thiophene rings is 1. The van der Waals surface area contributed by atoms with Gasteiger partial charge in [-0.25, -0.2) is 5.43 Å². The number of nitro groups is 1. The molecule has 160 valence electrons. The molecule has 4 aromatic rings. The van der Waals surface area contributed by atoms with Gasteiger partial charge in [0, 0.05) is 29.7 Å². The summed E-state index contributed by atoms with van der Waals surface area (Å²) in [5.41, 5.74) is 4.13. The zero-order chi connectivity index (χ0) is 22.3. The van der Waals surface area contributed by atoms with Gasteiger partial charge in [0.2, 0.25) is 0 Å². The van der Waals surface area contributed by atoms with E-state index in [0.29, 0.717) is 15.9 Å². The van der Waals surface area contributed by atoms with Crippen molar-refractivity contribution in [1.29, 1.82) is 0 Å². The number of nitrogens with zero attached hydrogens (tertiary/aromatic N) is 6. The van der Waals surface area contributed by atoms with Gasteiger partial charge in [0.25, 0.3) is 5.91 Å². The molecule has 0 unspecified atom stereocenters. The molecule has 0 aliphatic rings. The Labute approximate surface area is 190 Å². The zero-order valence-electron chi connectivity index (χ0n) is 16.4. The average molecular weight is 466 g/mol. The van der Waals surface area contributed by atoms with Crippen LogP contribution in [0.5, 0.6) is 0 Å². The summed E-state index contributed by atoms with van der Waals surface area (Å²) in [5, 5.41) is 23.7. The lowest BCUT2D eigenvalue weighted by Crippen LogP contribution is -2.19. The van der Waals surface area contributed by atoms with Gasteiger partial charge in [-0.3, -0.25) is 24.5 Å². The van der Waals surface area contributed by atoms with Crippen molar-refractivity contribution in [2.24, 2.45) is 5.10 Å². The highest BCUT2D eigenvalue weighted by molar-refractivity contribution is 7.99. The summed E-state index contributed by atoms with van der Waals surface area (Å²) in [6, 6.07) is 16.2. The summed E-state index contributed by atoms with van der Waals surface area (Å²) in [4.78, 5) is 27.1. The molecule has 4 rings (SSSR count). The van der Waals surface area contributed by atoms with Crippen LogP contribution in [0, 0.1) is 10.1 Å². The second kappa shape index (κ2) is 9.94. The van der Waals surface area contributed by atoms with Crippen LogP contribution < -0.4 is 5.43 Å². The van der Waals surface area contributed by atoms with E-state index in [-0.39, 0.29) is 16.7 Å². The lowest BCUT2D eigenvalue weighted by Gasteiger charge is -2.09. The van der Waals surface area contributed by atoms with Gasteiger partial charge in [0.1, 0.15) is 0 Å². The van der Waals surface area contributed by atoms with Crippen LogP contribution in [0.4, 0.5) is 5.00 Å². The van der Waals surface area contributed by atoms with Crippen LogP contribution in [-0.2, 0) is 4.79 Å². The molecule has 0 aliphatic heterocycles. The van der Waals surface area contributed by atoms with Crippen LogP contribution in [0.25, 0.3) is 17.1 Å². The Morgan fingerprint density at radius 2 is 1.94 bits per heavy atom. The smallest absolute Gasteiger partial charge is 0.272 e. The second-order valence-electron chi connectivity index (χ2n) is 6.23. The Hall–Kier alpha value is -3.90. The van der Waals surface area contributed by atoms with Crippen molar-refractivity contribution < 1.29 is 9.72 Å². The number of pyridine rings is 1. The molecule has 3 heterocycles. The number of nitrogens with one attached hydrogen (secondary N) is 1. The summed E-state index contributed by atoms with van der Waals surface area (Å²) in [6.45, 7) is 0. The molecule has 0 bridgehead atoms. The van der Waals surface area contributed by atoms with Crippen molar-refractivity contribution in [3.05, 3.63) is 82.0 Å². The van der Waals surface area contributed by atoms with Gasteiger partial charge in [-0.2, -0.15) is 5.10 Å². The molecule has 12 heteroatoms. The maximum Gasteiger partial charge on any atom is 0.324 e. The summed E-state index contributed by atoms with van der Waals surface area (Å²) in [6.07, 6.45) is 4.73. The normalized spacial score (nSPS) is 11.0. The topological polar surface area (TPSA) is 128 Å². The average Bonchev–Trinajstić information content (AvgIpc) is 3.46. The Morgan fingerprint density at radius 1 is 1.16 bits per heavy atom. The fourth-order valence-electron chi connectivity index (χ4n) is 2.70. The monoisotopic (exact) mass is 465 g/mol. The van der Waals surface area contributed by atoms with Crippen LogP contribution in [0.1, 0.15) is 4.88 Å². The van der Waals surface area contributed by atoms with Crippen molar-refractivity contribution in [2.45, 2.75) is 5.16 Å². The number of rotatable bonds is 8. The first-order valence-corrected chi connectivity index (χ1v) is 11.0. The maximum atomic E-state index is 12.2. The minimum atomic E-state index is -0.472. The van der Waals surface area contributed by atoms with Gasteiger partial charge in [0.05, 0.1) is 21.8 Å². The third-order valence-electron chi connectivity index (χ3n) is 4.09. The summed E-state index contributed by atoms with van der Waals surface area (Å²) in [7, 11) is 0. The van der Waals surface area contributed by atoms with E-state index in [0.717, 1.165) is 22.6 Å². The van der Waals surface area contributed by atoms with Crippen molar-refractivity contribution in [3.8, 4) is 17.1 Å². The van der Waals surface area contributed by atoms with E-state index in [1.807, 2.05) is 47.0 Å². The molecule has 1 aromatic carbocycles. The molecule has 1 amide bonds. The summed E-state index contributed by atoms with van der Waals surface area (Å²) in [5.74, 6) is 0.354. The van der Waals surface area contributed by atoms with Gasteiger partial charge < -0.3 is 0 Å². The highest BCUT2D eigenvalue weighted by Gasteiger charge is 2.17. The lowest BCUT2D eigenvalue weighted by atomic mass is 10.2. The fraction of sp³-hybridized carbons (Fsp3) is 0.0500. The van der Waals surface area contributed by atoms with E-state index < -0.39 is 4.92 Å². The molecule has 10 nitrogen and oxygen atoms in total. The van der Waals surface area contributed by atoms with E-state index in [1.54, 1.807) is 18.5 Å². The van der Waals surface area contributed by atoms with E-state index in [9.17, 15) is 14.9 Å². The molecule has 32 heavy (non-hydrogen) atoms. The van der Waals surface area contributed by atoms with Crippen molar-refractivity contribution in [1.82, 2.24) is 25.2 Å². The van der Waals surface area contributed by atoms with E-state index in [4.69, 9.17) is 0 Å². The zero-order valence-corrected chi connectivity index (χ0v) is 18.0. The largest absolute Gasteiger partial charge is 0.324 e. The fourth-order valence-corrected chi connectivity index (χ4v) is 4.14. The first kappa shape index (κ1) is 21.3. The molecule has 1 N–H and O–H groups in total. The van der Waals surface area contributed by atoms with Gasteiger partial charge >= 0.3 is 5.00 Å². The van der Waals surface area contributed by atoms with E-state index >= 15 is 0 Å². The third kappa shape index (κ3) is 5.04. The number of hydrogen-bond donors (Lipinski definition) is 1. The van der Waals surface area contributed by atoms with Gasteiger partial charge in [-0.1, -0.05) is 41.3 Å². The molecule has 0 saturated carbocycles. The first-order valence-electron chi connectivity index (χ1n) is 9.22. The number of hydrogen-bond acceptors (Lipinski definition) is 9. The van der Waals surface area contributed by atoms with Crippen LogP contribution >= 0.6 is 23.1 Å². The molecule has 0 aliphatic carbocycles. The van der Waals surface area contributed by atoms with E-state index in [1.165, 1.54) is 24.0 Å². The van der Waals surface area contributed by atoms with Crippen molar-refractivity contribution >= 4 is 40.2 Å². The molecule has 0 radical (unpaired) electrons. The number of thioether (sulfide) groups is 1. The number of hydrazone groups is 1. The predicted molar refractivity (Wildman–Crippen MR) is 122 cm³/mol. The summed E-state index contributed by atoms with van der Waals surface area (Å²) >= 11 is 2.19. The van der Waals surface area contributed by atoms with Crippen molar-refractivity contribution in [2.75, 3.05) is 5.75 Å². The highest BCUT2D eigenvalue weighted by atomic mass is 32.2. The molecule has 0 atom stereocenters. The van der Waals surface area contributed by atoms with Crippen LogP contribution in [0.3, 0.4) is 0 Å². The molecular weight excluding hydrogens is 450 g/mol. The number of benzene rings is 1. The lowest BCUT2D eigenvalue weighted by molar-refractivity contribution is -0.380. The molecule has 0 fully saturated rings. The van der Waals surface area contributed by atoms with Gasteiger partial charge in [-0.05, 0) is 30.3 Å². The number of amides is 1. The van der Waals surface area contributed by atoms with Gasteiger partial charge in [-0.15, -0.1) is 10.2 Å². The van der Waals surface area contributed by atoms with Gasteiger partial charge in [0.15, 0.2) is 11.0 Å². The second-order valence-corrected chi connectivity index (χ2v) is 8.26. The number of aromatic nitrogens is 4. The predicted octanol–water partition coefficient (Wildman–Crippen LogP) is 3.54. The number of para-hydroxylation sites is 1. The Kier molecular flexibility index (Phi) is 6.63. The minimum absolute atomic E-state index is 0.0126. The third-order valence-corrected chi connectivity index (χ3v) is 5.99. The SMILES string of the molecule is O=C(CSc1nnc(-c2ccncc2)n1-c1ccccc1)N/N=C/c1ccc([N+](=O)[O-])s1. The van der Waals surface area contributed by atoms with Crippen molar-refractivity contribution in [3.63, 3.8) is 0 Å². The minimum Gasteiger partial charge on any atom is -0.272 e. The molecule has 3 aromatic heterocycles. The Bertz CT molecular complexity index is 1260. The first-order chi connectivity index (χ1) is 15.6. The quantitative estimate of drug-likeness (QED) is 0.182. The van der Waals surface area contributed by atoms with Crippen LogP contribution in [0.15, 0.2) is 77.2 Å². The Balaban J connectivity index is 1.46. The maximum absolute atomic E-state index is 12.2. The number of carbonyl (C=O) groups is 1. The van der Waals surface area contributed by atoms with Crippen LogP contribution in [0.2, 0.25) is 0 Å². The molecular formula is C20H15N7O3S2. The highest BCUT2D eigenvalue weighted by Crippen LogP contribution is 2.27. The Morgan fingerprint density at radius 3 is 2.66 bits per heavy atom. The van der Waals surface area contributed by atoms with E-state index in [2.05, 4.69) is 25.7 Å².